The molecule has 0 N–H and O–H groups in total. The van der Waals surface area contributed by atoms with Gasteiger partial charge in [-0.2, -0.15) is 0 Å². The van der Waals surface area contributed by atoms with Crippen molar-refractivity contribution in [3.05, 3.63) is 245 Å². The van der Waals surface area contributed by atoms with E-state index in [2.05, 4.69) is 179 Å². The largest absolute Gasteiger partial charge is 0.256 e. The SMILES string of the molecule is [2H]C([2H])([2H])c1cnc(-c2ccc(C(C)(C)Cc3cc(CC(C)(C)c4ccc(-c5ccccn5)cc4)cc(CC(C)(C)c4ccc(-c5ccccn5)cc4)c3)cc2)cc1-c1ccc(-c2ccccc2)cc1C. The summed E-state index contributed by atoms with van der Waals surface area (Å²) in [6, 6.07) is 64.4. The van der Waals surface area contributed by atoms with Crippen LogP contribution in [0.3, 0.4) is 0 Å². The maximum atomic E-state index is 8.42. The van der Waals surface area contributed by atoms with Gasteiger partial charge < -0.3 is 0 Å². The van der Waals surface area contributed by atoms with E-state index in [9.17, 15) is 0 Å². The molecular formula is C65H63N3. The molecule has 6 aromatic carbocycles. The highest BCUT2D eigenvalue weighted by molar-refractivity contribution is 5.78. The molecule has 0 amide bonds. The first kappa shape index (κ1) is 42.1. The standard InChI is InChI=1S/C65H63N3/c1-45-36-54(50-16-10-9-11-17-50)26-33-58(45)59-40-62(68-44-46(59)2)53-24-31-57(32-25-53)65(7,8)43-49-38-47(41-63(3,4)55-27-20-51(21-28-55)60-18-12-14-34-66-60)37-48(39-49)42-64(5,6)56-29-22-52(23-30-56)61-19-13-15-35-67-61/h9-40,44H,41-43H2,1-8H3/i2D3. The second-order valence-corrected chi connectivity index (χ2v) is 20.5. The van der Waals surface area contributed by atoms with Crippen LogP contribution in [0.4, 0.5) is 0 Å². The van der Waals surface area contributed by atoms with E-state index in [1.54, 1.807) is 6.20 Å². The number of hydrogen-bond acceptors (Lipinski definition) is 3. The van der Waals surface area contributed by atoms with E-state index >= 15 is 0 Å². The minimum absolute atomic E-state index is 0.124. The van der Waals surface area contributed by atoms with Gasteiger partial charge >= 0.3 is 0 Å². The van der Waals surface area contributed by atoms with Crippen molar-refractivity contribution < 1.29 is 4.11 Å². The van der Waals surface area contributed by atoms with Gasteiger partial charge in [-0.1, -0.05) is 193 Å². The monoisotopic (exact) mass is 889 g/mol. The van der Waals surface area contributed by atoms with Crippen LogP contribution >= 0.6 is 0 Å². The number of pyridine rings is 3. The third-order valence-corrected chi connectivity index (χ3v) is 13.8. The minimum Gasteiger partial charge on any atom is -0.256 e. The van der Waals surface area contributed by atoms with Gasteiger partial charge in [-0.3, -0.25) is 15.0 Å². The number of rotatable bonds is 14. The quantitative estimate of drug-likeness (QED) is 0.109. The summed E-state index contributed by atoms with van der Waals surface area (Å²) in [6.07, 6.45) is 7.85. The van der Waals surface area contributed by atoms with Crippen LogP contribution in [0.1, 0.15) is 90.2 Å². The normalized spacial score (nSPS) is 12.8. The fraction of sp³-hybridized carbons (Fsp3) is 0.215. The highest BCUT2D eigenvalue weighted by Gasteiger charge is 2.27. The van der Waals surface area contributed by atoms with Crippen molar-refractivity contribution in [1.29, 1.82) is 0 Å². The van der Waals surface area contributed by atoms with Crippen LogP contribution in [0.15, 0.2) is 201 Å². The Bertz CT molecular complexity index is 3130. The van der Waals surface area contributed by atoms with Crippen molar-refractivity contribution in [3.8, 4) is 56.0 Å². The van der Waals surface area contributed by atoms with E-state index in [0.717, 1.165) is 75.3 Å². The van der Waals surface area contributed by atoms with Crippen molar-refractivity contribution in [2.45, 2.75) is 90.8 Å². The van der Waals surface area contributed by atoms with Gasteiger partial charge in [0.15, 0.2) is 0 Å². The van der Waals surface area contributed by atoms with Crippen molar-refractivity contribution in [2.24, 2.45) is 0 Å². The average molecular weight is 889 g/mol. The molecule has 3 heteroatoms. The molecule has 0 aliphatic rings. The van der Waals surface area contributed by atoms with Crippen LogP contribution in [0, 0.1) is 13.8 Å². The summed E-state index contributed by atoms with van der Waals surface area (Å²) in [6.45, 7) is 13.8. The van der Waals surface area contributed by atoms with E-state index in [0.29, 0.717) is 5.56 Å². The number of benzene rings is 6. The molecule has 3 nitrogen and oxygen atoms in total. The van der Waals surface area contributed by atoms with Gasteiger partial charge in [0.1, 0.15) is 0 Å². The van der Waals surface area contributed by atoms with E-state index in [-0.39, 0.29) is 21.8 Å². The molecule has 3 aromatic heterocycles. The Balaban J connectivity index is 1.00. The Morgan fingerprint density at radius 1 is 0.368 bits per heavy atom. The smallest absolute Gasteiger partial charge is 0.0708 e. The third-order valence-electron chi connectivity index (χ3n) is 13.8. The van der Waals surface area contributed by atoms with Gasteiger partial charge in [0.2, 0.25) is 0 Å². The molecule has 0 radical (unpaired) electrons. The molecule has 0 fully saturated rings. The van der Waals surface area contributed by atoms with E-state index in [1.165, 1.54) is 33.4 Å². The molecule has 0 aliphatic carbocycles. The second-order valence-electron chi connectivity index (χ2n) is 20.5. The summed E-state index contributed by atoms with van der Waals surface area (Å²) in [7, 11) is 0. The molecule has 0 atom stereocenters. The lowest BCUT2D eigenvalue weighted by Gasteiger charge is -2.30. The maximum Gasteiger partial charge on any atom is 0.0708 e. The first-order valence-corrected chi connectivity index (χ1v) is 23.9. The first-order chi connectivity index (χ1) is 33.9. The zero-order valence-corrected chi connectivity index (χ0v) is 40.5. The second kappa shape index (κ2) is 19.2. The minimum atomic E-state index is -2.32. The number of aryl methyl sites for hydroxylation is 2. The molecule has 0 saturated heterocycles. The summed E-state index contributed by atoms with van der Waals surface area (Å²) in [4.78, 5) is 13.9. The maximum absolute atomic E-state index is 8.42. The highest BCUT2D eigenvalue weighted by Crippen LogP contribution is 2.37. The summed E-state index contributed by atoms with van der Waals surface area (Å²) < 4.78 is 25.3. The summed E-state index contributed by atoms with van der Waals surface area (Å²) in [5.74, 6) is 0. The van der Waals surface area contributed by atoms with Crippen LogP contribution in [0.2, 0.25) is 0 Å². The first-order valence-electron chi connectivity index (χ1n) is 25.4. The van der Waals surface area contributed by atoms with Gasteiger partial charge in [-0.05, 0) is 146 Å². The molecule has 0 spiro atoms. The molecule has 338 valence electrons. The van der Waals surface area contributed by atoms with Crippen LogP contribution in [0.5, 0.6) is 0 Å². The topological polar surface area (TPSA) is 38.7 Å². The summed E-state index contributed by atoms with van der Waals surface area (Å²) >= 11 is 0. The van der Waals surface area contributed by atoms with Crippen molar-refractivity contribution in [1.82, 2.24) is 15.0 Å². The Morgan fingerprint density at radius 2 is 0.794 bits per heavy atom. The molecular weight excluding hydrogens is 823 g/mol. The van der Waals surface area contributed by atoms with Crippen LogP contribution < -0.4 is 0 Å². The average Bonchev–Trinajstić information content (AvgIpc) is 3.36. The Labute approximate surface area is 409 Å². The molecule has 3 heterocycles. The predicted octanol–water partition coefficient (Wildman–Crippen LogP) is 16.4. The lowest BCUT2D eigenvalue weighted by molar-refractivity contribution is 0.507. The van der Waals surface area contributed by atoms with Crippen LogP contribution in [-0.2, 0) is 35.5 Å². The molecule has 9 rings (SSSR count). The molecule has 9 aromatic rings. The fourth-order valence-electron chi connectivity index (χ4n) is 9.94. The van der Waals surface area contributed by atoms with Gasteiger partial charge in [-0.15, -0.1) is 0 Å². The molecule has 68 heavy (non-hydrogen) atoms. The van der Waals surface area contributed by atoms with Crippen LogP contribution in [0.25, 0.3) is 56.0 Å². The lowest BCUT2D eigenvalue weighted by Crippen LogP contribution is -2.24. The summed E-state index contributed by atoms with van der Waals surface area (Å²) in [5.41, 5.74) is 18.3. The fourth-order valence-corrected chi connectivity index (χ4v) is 9.94. The number of hydrogen-bond donors (Lipinski definition) is 0. The van der Waals surface area contributed by atoms with Gasteiger partial charge in [0.25, 0.3) is 0 Å². The Hall–Kier alpha value is -7.23. The van der Waals surface area contributed by atoms with E-state index in [1.807, 2.05) is 73.9 Å². The number of aromatic nitrogens is 3. The molecule has 0 unspecified atom stereocenters. The summed E-state index contributed by atoms with van der Waals surface area (Å²) in [5, 5.41) is 0. The number of nitrogens with zero attached hydrogens (tertiary/aromatic N) is 3. The third kappa shape index (κ3) is 10.3. The van der Waals surface area contributed by atoms with E-state index in [4.69, 9.17) is 9.10 Å². The van der Waals surface area contributed by atoms with E-state index < -0.39 is 6.85 Å². The zero-order valence-electron chi connectivity index (χ0n) is 43.5. The molecule has 0 aliphatic heterocycles. The Kier molecular flexibility index (Phi) is 11.9. The van der Waals surface area contributed by atoms with Crippen LogP contribution in [-0.4, -0.2) is 15.0 Å². The highest BCUT2D eigenvalue weighted by atomic mass is 14.7. The Morgan fingerprint density at radius 3 is 1.21 bits per heavy atom. The van der Waals surface area contributed by atoms with Gasteiger partial charge in [-0.25, -0.2) is 0 Å². The van der Waals surface area contributed by atoms with Crippen molar-refractivity contribution >= 4 is 0 Å². The van der Waals surface area contributed by atoms with Gasteiger partial charge in [0, 0.05) is 39.4 Å². The zero-order chi connectivity index (χ0) is 50.0. The predicted molar refractivity (Wildman–Crippen MR) is 286 cm³/mol. The lowest BCUT2D eigenvalue weighted by atomic mass is 9.74. The van der Waals surface area contributed by atoms with Gasteiger partial charge in [0.05, 0.1) is 17.1 Å². The molecule has 0 bridgehead atoms. The van der Waals surface area contributed by atoms with Crippen molar-refractivity contribution in [2.75, 3.05) is 0 Å². The van der Waals surface area contributed by atoms with Crippen molar-refractivity contribution in [3.63, 3.8) is 0 Å². The molecule has 0 saturated carbocycles.